The zero-order chi connectivity index (χ0) is 16.8. The number of imide groups is 1. The summed E-state index contributed by atoms with van der Waals surface area (Å²) in [6.45, 7) is 1.01. The third-order valence-corrected chi connectivity index (χ3v) is 5.03. The molecule has 0 radical (unpaired) electrons. The van der Waals surface area contributed by atoms with Crippen LogP contribution in [0, 0.1) is 0 Å². The highest BCUT2D eigenvalue weighted by molar-refractivity contribution is 6.05. The fourth-order valence-electron chi connectivity index (χ4n) is 3.53. The molecular weight excluding hydrogens is 308 g/mol. The maximum absolute atomic E-state index is 12.9. The molecule has 3 atom stereocenters. The lowest BCUT2D eigenvalue weighted by Gasteiger charge is -2.29. The second-order valence-corrected chi connectivity index (χ2v) is 6.74. The number of carbonyl (C=O) groups excluding carboxylic acids is 3. The number of nitrogens with zero attached hydrogens (tertiary/aromatic N) is 1. The Hall–Kier alpha value is -2.25. The highest BCUT2D eigenvalue weighted by Crippen LogP contribution is 2.30. The summed E-state index contributed by atoms with van der Waals surface area (Å²) >= 11 is 0. The van der Waals surface area contributed by atoms with E-state index in [9.17, 15) is 14.4 Å². The smallest absolute Gasteiger partial charge is 0.255 e. The van der Waals surface area contributed by atoms with E-state index >= 15 is 0 Å². The number of nitrogens with one attached hydrogen (secondary N) is 2. The average Bonchev–Trinajstić information content (AvgIpc) is 3.15. The van der Waals surface area contributed by atoms with Crippen molar-refractivity contribution in [3.8, 4) is 0 Å². The third-order valence-electron chi connectivity index (χ3n) is 5.03. The van der Waals surface area contributed by atoms with Crippen molar-refractivity contribution in [2.75, 3.05) is 0 Å². The minimum atomic E-state index is -0.569. The minimum absolute atomic E-state index is 0.128. The van der Waals surface area contributed by atoms with Crippen LogP contribution in [-0.2, 0) is 22.7 Å². The largest absolute Gasteiger partial charge is 0.326 e. The van der Waals surface area contributed by atoms with Crippen LogP contribution >= 0.6 is 0 Å². The molecule has 126 valence electrons. The Bertz CT molecular complexity index is 733. The first kappa shape index (κ1) is 15.3. The number of benzene rings is 1. The van der Waals surface area contributed by atoms with Crippen LogP contribution in [0.15, 0.2) is 18.2 Å². The average molecular weight is 328 g/mol. The summed E-state index contributed by atoms with van der Waals surface area (Å²) in [6.07, 6.45) is 1.62. The number of piperidine rings is 1. The Kier molecular flexibility index (Phi) is 3.62. The van der Waals surface area contributed by atoms with Gasteiger partial charge in [0.05, 0.1) is 0 Å². The topological polar surface area (TPSA) is 105 Å². The lowest BCUT2D eigenvalue weighted by atomic mass is 10.0. The van der Waals surface area contributed by atoms with Crippen molar-refractivity contribution in [1.82, 2.24) is 15.5 Å². The van der Waals surface area contributed by atoms with E-state index in [2.05, 4.69) is 10.6 Å². The van der Waals surface area contributed by atoms with Crippen LogP contribution in [0.1, 0.15) is 40.7 Å². The van der Waals surface area contributed by atoms with Crippen LogP contribution in [0.5, 0.6) is 0 Å². The zero-order valence-electron chi connectivity index (χ0n) is 13.2. The van der Waals surface area contributed by atoms with Crippen LogP contribution in [-0.4, -0.2) is 40.7 Å². The molecule has 2 heterocycles. The molecule has 1 unspecified atom stereocenters. The molecule has 1 aromatic carbocycles. The van der Waals surface area contributed by atoms with Gasteiger partial charge in [0.1, 0.15) is 6.04 Å². The van der Waals surface area contributed by atoms with Gasteiger partial charge in [-0.3, -0.25) is 19.7 Å². The quantitative estimate of drug-likeness (QED) is 0.655. The molecule has 1 saturated heterocycles. The first-order valence-electron chi connectivity index (χ1n) is 8.29. The van der Waals surface area contributed by atoms with Gasteiger partial charge in [-0.1, -0.05) is 18.2 Å². The third kappa shape index (κ3) is 2.59. The Morgan fingerprint density at radius 1 is 1.29 bits per heavy atom. The molecule has 4 rings (SSSR count). The van der Waals surface area contributed by atoms with Gasteiger partial charge in [0.2, 0.25) is 11.8 Å². The lowest BCUT2D eigenvalue weighted by Crippen LogP contribution is -2.52. The molecule has 1 saturated carbocycles. The Balaban J connectivity index is 1.54. The number of rotatable bonds is 4. The lowest BCUT2D eigenvalue weighted by molar-refractivity contribution is -0.136. The summed E-state index contributed by atoms with van der Waals surface area (Å²) in [5.41, 5.74) is 8.36. The number of amides is 3. The summed E-state index contributed by atoms with van der Waals surface area (Å²) < 4.78 is 0. The molecule has 0 spiro atoms. The van der Waals surface area contributed by atoms with Gasteiger partial charge in [0.25, 0.3) is 5.91 Å². The predicted octanol–water partition coefficient (Wildman–Crippen LogP) is -0.363. The number of carbonyl (C=O) groups is 3. The number of fused-ring (bicyclic) bond motifs is 1. The molecular formula is C17H20N4O3. The van der Waals surface area contributed by atoms with E-state index in [-0.39, 0.29) is 30.2 Å². The van der Waals surface area contributed by atoms with Crippen molar-refractivity contribution in [2.24, 2.45) is 5.73 Å². The maximum Gasteiger partial charge on any atom is 0.255 e. The molecule has 2 fully saturated rings. The van der Waals surface area contributed by atoms with E-state index < -0.39 is 6.04 Å². The number of nitrogens with two attached hydrogens (primary N) is 1. The van der Waals surface area contributed by atoms with Crippen LogP contribution in [0.3, 0.4) is 0 Å². The van der Waals surface area contributed by atoms with Gasteiger partial charge >= 0.3 is 0 Å². The van der Waals surface area contributed by atoms with Gasteiger partial charge in [-0.2, -0.15) is 0 Å². The minimum Gasteiger partial charge on any atom is -0.326 e. The van der Waals surface area contributed by atoms with Crippen molar-refractivity contribution in [3.63, 3.8) is 0 Å². The highest BCUT2D eigenvalue weighted by atomic mass is 16.2. The second kappa shape index (κ2) is 5.68. The van der Waals surface area contributed by atoms with E-state index in [1.165, 1.54) is 0 Å². The van der Waals surface area contributed by atoms with E-state index in [0.717, 1.165) is 17.5 Å². The SMILES string of the molecule is N[C@@H]1C[C@H]1NCc1cccc2c1C(=O)N(C1CCC(=O)NC1=O)C2. The molecule has 7 heteroatoms. The maximum atomic E-state index is 12.9. The molecule has 1 aliphatic carbocycles. The fraction of sp³-hybridized carbons (Fsp3) is 0.471. The molecule has 2 aliphatic heterocycles. The Morgan fingerprint density at radius 3 is 2.79 bits per heavy atom. The van der Waals surface area contributed by atoms with Crippen molar-refractivity contribution in [1.29, 1.82) is 0 Å². The molecule has 0 bridgehead atoms. The molecule has 24 heavy (non-hydrogen) atoms. The molecule has 4 N–H and O–H groups in total. The Morgan fingerprint density at radius 2 is 2.08 bits per heavy atom. The summed E-state index contributed by atoms with van der Waals surface area (Å²) in [6, 6.07) is 5.75. The molecule has 3 amide bonds. The first-order chi connectivity index (χ1) is 11.5. The molecule has 3 aliphatic rings. The predicted molar refractivity (Wildman–Crippen MR) is 85.7 cm³/mol. The monoisotopic (exact) mass is 328 g/mol. The van der Waals surface area contributed by atoms with Gasteiger partial charge in [0, 0.05) is 37.2 Å². The number of hydrogen-bond acceptors (Lipinski definition) is 5. The number of hydrogen-bond donors (Lipinski definition) is 3. The first-order valence-corrected chi connectivity index (χ1v) is 8.29. The highest BCUT2D eigenvalue weighted by Gasteiger charge is 2.40. The van der Waals surface area contributed by atoms with E-state index in [4.69, 9.17) is 5.73 Å². The second-order valence-electron chi connectivity index (χ2n) is 6.74. The summed E-state index contributed by atoms with van der Waals surface area (Å²) in [4.78, 5) is 37.9. The molecule has 0 aromatic heterocycles. The summed E-state index contributed by atoms with van der Waals surface area (Å²) in [5.74, 6) is -0.779. The fourth-order valence-corrected chi connectivity index (χ4v) is 3.53. The van der Waals surface area contributed by atoms with Gasteiger partial charge in [0.15, 0.2) is 0 Å². The van der Waals surface area contributed by atoms with Crippen molar-refractivity contribution < 1.29 is 14.4 Å². The van der Waals surface area contributed by atoms with Crippen LogP contribution < -0.4 is 16.4 Å². The van der Waals surface area contributed by atoms with E-state index in [0.29, 0.717) is 31.1 Å². The van der Waals surface area contributed by atoms with Crippen LogP contribution in [0.4, 0.5) is 0 Å². The zero-order valence-corrected chi connectivity index (χ0v) is 13.2. The van der Waals surface area contributed by atoms with Gasteiger partial charge in [-0.05, 0) is 24.0 Å². The normalized spacial score (nSPS) is 28.8. The Labute approximate surface area is 139 Å². The standard InChI is InChI=1S/C17H20N4O3/c18-11-6-12(11)19-7-9-2-1-3-10-8-21(17(24)15(9)10)13-4-5-14(22)20-16(13)23/h1-3,11-13,19H,4-8,18H2,(H,20,22,23)/t11-,12-,13?/m1/s1. The van der Waals surface area contributed by atoms with E-state index in [1.807, 2.05) is 18.2 Å². The summed E-state index contributed by atoms with van der Waals surface area (Å²) in [7, 11) is 0. The van der Waals surface area contributed by atoms with Crippen molar-refractivity contribution in [3.05, 3.63) is 34.9 Å². The van der Waals surface area contributed by atoms with Crippen LogP contribution in [0.2, 0.25) is 0 Å². The van der Waals surface area contributed by atoms with Crippen LogP contribution in [0.25, 0.3) is 0 Å². The summed E-state index contributed by atoms with van der Waals surface area (Å²) in [5, 5.41) is 5.69. The van der Waals surface area contributed by atoms with E-state index in [1.54, 1.807) is 4.90 Å². The molecule has 1 aromatic rings. The van der Waals surface area contributed by atoms with Crippen molar-refractivity contribution >= 4 is 17.7 Å². The van der Waals surface area contributed by atoms with Gasteiger partial charge in [-0.15, -0.1) is 0 Å². The van der Waals surface area contributed by atoms with Gasteiger partial charge in [-0.25, -0.2) is 0 Å². The molecule has 7 nitrogen and oxygen atoms in total. The van der Waals surface area contributed by atoms with Gasteiger partial charge < -0.3 is 16.0 Å². The van der Waals surface area contributed by atoms with Crippen molar-refractivity contribution in [2.45, 2.75) is 50.5 Å².